The van der Waals surface area contributed by atoms with E-state index in [-0.39, 0.29) is 29.8 Å². The Balaban J connectivity index is 1.61. The maximum atomic E-state index is 13.2. The number of esters is 1. The number of carbonyl (C=O) groups is 2. The zero-order valence-corrected chi connectivity index (χ0v) is 22.1. The van der Waals surface area contributed by atoms with E-state index in [1.165, 1.54) is 0 Å². The zero-order valence-electron chi connectivity index (χ0n) is 22.1. The van der Waals surface area contributed by atoms with E-state index < -0.39 is 35.6 Å². The summed E-state index contributed by atoms with van der Waals surface area (Å²) in [4.78, 5) is 30.7. The van der Waals surface area contributed by atoms with Crippen LogP contribution in [-0.2, 0) is 19.1 Å². The largest absolute Gasteiger partial charge is 0.457 e. The number of benzene rings is 1. The van der Waals surface area contributed by atoms with E-state index in [0.29, 0.717) is 23.4 Å². The van der Waals surface area contributed by atoms with Gasteiger partial charge in [-0.25, -0.2) is 4.98 Å². The molecule has 2 aromatic rings. The molecule has 8 heteroatoms. The molecule has 8 nitrogen and oxygen atoms in total. The summed E-state index contributed by atoms with van der Waals surface area (Å²) in [6.45, 7) is 10.7. The first kappa shape index (κ1) is 26.8. The van der Waals surface area contributed by atoms with Gasteiger partial charge in [-0.1, -0.05) is 40.2 Å². The molecule has 198 valence electrons. The minimum absolute atomic E-state index is 0.0824. The number of oxazole rings is 1. The topological polar surface area (TPSA) is 122 Å². The number of nitrogens with zero attached hydrogens (tertiary/aromatic N) is 1. The summed E-state index contributed by atoms with van der Waals surface area (Å²) in [5, 5.41) is 21.7. The van der Waals surface area contributed by atoms with E-state index in [1.54, 1.807) is 27.7 Å². The van der Waals surface area contributed by atoms with E-state index in [9.17, 15) is 19.8 Å². The summed E-state index contributed by atoms with van der Waals surface area (Å²) in [5.41, 5.74) is 0.564. The third kappa shape index (κ3) is 5.36. The molecule has 4 rings (SSSR count). The lowest BCUT2D eigenvalue weighted by Gasteiger charge is -2.34. The first-order valence-corrected chi connectivity index (χ1v) is 13.0. The Morgan fingerprint density at radius 1 is 1.11 bits per heavy atom. The Morgan fingerprint density at radius 2 is 1.83 bits per heavy atom. The van der Waals surface area contributed by atoms with Crippen LogP contribution in [0.5, 0.6) is 0 Å². The van der Waals surface area contributed by atoms with Crippen molar-refractivity contribution in [2.24, 2.45) is 17.3 Å². The first-order valence-electron chi connectivity index (χ1n) is 13.0. The summed E-state index contributed by atoms with van der Waals surface area (Å²) < 4.78 is 17.6. The zero-order chi connectivity index (χ0) is 26.4. The van der Waals surface area contributed by atoms with Gasteiger partial charge in [-0.15, -0.1) is 0 Å². The highest BCUT2D eigenvalue weighted by atomic mass is 16.6. The van der Waals surface area contributed by atoms with Crippen molar-refractivity contribution in [2.45, 2.75) is 104 Å². The van der Waals surface area contributed by atoms with Crippen LogP contribution in [0.2, 0.25) is 0 Å². The van der Waals surface area contributed by atoms with Crippen LogP contribution >= 0.6 is 0 Å². The van der Waals surface area contributed by atoms with Gasteiger partial charge in [0.15, 0.2) is 11.5 Å². The predicted molar refractivity (Wildman–Crippen MR) is 133 cm³/mol. The fourth-order valence-electron chi connectivity index (χ4n) is 5.48. The van der Waals surface area contributed by atoms with Crippen molar-refractivity contribution >= 4 is 22.9 Å². The van der Waals surface area contributed by atoms with Crippen molar-refractivity contribution in [2.75, 3.05) is 0 Å². The molecule has 7 atom stereocenters. The van der Waals surface area contributed by atoms with Crippen molar-refractivity contribution in [3.8, 4) is 0 Å². The number of hydrogen-bond acceptors (Lipinski definition) is 8. The molecule has 2 fully saturated rings. The average Bonchev–Trinajstić information content (AvgIpc) is 3.28. The Hall–Kier alpha value is -2.29. The highest BCUT2D eigenvalue weighted by Gasteiger charge is 2.53. The number of cyclic esters (lactones) is 1. The van der Waals surface area contributed by atoms with Crippen LogP contribution in [0.25, 0.3) is 11.1 Å². The number of aliphatic hydroxyl groups is 2. The van der Waals surface area contributed by atoms with Crippen molar-refractivity contribution in [3.63, 3.8) is 0 Å². The molecule has 0 aliphatic carbocycles. The highest BCUT2D eigenvalue weighted by molar-refractivity contribution is 5.88. The third-order valence-corrected chi connectivity index (χ3v) is 8.30. The van der Waals surface area contributed by atoms with Crippen LogP contribution in [0, 0.1) is 24.2 Å². The lowest BCUT2D eigenvalue weighted by molar-refractivity contribution is -0.156. The molecule has 0 amide bonds. The summed E-state index contributed by atoms with van der Waals surface area (Å²) in [6.07, 6.45) is -0.208. The third-order valence-electron chi connectivity index (χ3n) is 8.30. The molecule has 0 unspecified atom stereocenters. The van der Waals surface area contributed by atoms with Crippen LogP contribution in [-0.4, -0.2) is 50.9 Å². The molecule has 1 aromatic carbocycles. The second-order valence-electron chi connectivity index (χ2n) is 11.5. The van der Waals surface area contributed by atoms with Crippen molar-refractivity contribution in [1.82, 2.24) is 4.98 Å². The van der Waals surface area contributed by atoms with Crippen LogP contribution in [0.4, 0.5) is 0 Å². The first-order chi connectivity index (χ1) is 16.8. The number of ether oxygens (including phenoxy) is 2. The van der Waals surface area contributed by atoms with Gasteiger partial charge in [-0.3, -0.25) is 9.59 Å². The number of aliphatic hydroxyl groups excluding tert-OH is 2. The Morgan fingerprint density at radius 3 is 2.56 bits per heavy atom. The number of epoxide rings is 1. The normalized spacial score (nSPS) is 36.3. The quantitative estimate of drug-likeness (QED) is 0.435. The summed E-state index contributed by atoms with van der Waals surface area (Å²) in [7, 11) is 0. The molecule has 0 radical (unpaired) electrons. The number of ketones is 1. The number of fused-ring (bicyclic) bond motifs is 2. The van der Waals surface area contributed by atoms with Gasteiger partial charge >= 0.3 is 5.97 Å². The molecule has 0 saturated carbocycles. The lowest BCUT2D eigenvalue weighted by Crippen LogP contribution is -2.45. The van der Waals surface area contributed by atoms with Crippen molar-refractivity contribution < 1.29 is 33.7 Å². The van der Waals surface area contributed by atoms with Crippen LogP contribution in [0.15, 0.2) is 22.6 Å². The van der Waals surface area contributed by atoms with Gasteiger partial charge in [-0.05, 0) is 43.4 Å². The maximum absolute atomic E-state index is 13.2. The smallest absolute Gasteiger partial charge is 0.309 e. The SMILES string of the molecule is Cc1nc2cc([C@@H]3C[C@@H]4O[C@]4(C)CCC[C@H](C)[C@H](O)[C@@H](C)C(=O)C(C)(C)[C@@H](O)CC(=O)O3)ccc2o1. The molecule has 0 spiro atoms. The minimum Gasteiger partial charge on any atom is -0.457 e. The molecule has 3 heterocycles. The second kappa shape index (κ2) is 9.88. The fraction of sp³-hybridized carbons (Fsp3) is 0.679. The van der Waals surface area contributed by atoms with Gasteiger partial charge in [0.25, 0.3) is 0 Å². The van der Waals surface area contributed by atoms with Crippen LogP contribution in [0.3, 0.4) is 0 Å². The molecular weight excluding hydrogens is 462 g/mol. The van der Waals surface area contributed by atoms with E-state index in [0.717, 1.165) is 24.8 Å². The number of rotatable bonds is 1. The van der Waals surface area contributed by atoms with E-state index in [2.05, 4.69) is 11.9 Å². The lowest BCUT2D eigenvalue weighted by atomic mass is 9.73. The summed E-state index contributed by atoms with van der Waals surface area (Å²) in [6, 6.07) is 5.53. The van der Waals surface area contributed by atoms with Gasteiger partial charge in [0, 0.05) is 19.3 Å². The van der Waals surface area contributed by atoms with Gasteiger partial charge in [-0.2, -0.15) is 0 Å². The Labute approximate surface area is 212 Å². The standard InChI is InChI=1S/C28H39NO7/c1-15-8-7-11-28(6)23(36-28)13-21(18-9-10-20-19(12-18)29-17(3)34-20)35-24(31)14-22(30)27(4,5)26(33)16(2)25(15)32/h9-10,12,15-16,21-23,25,30,32H,7-8,11,13-14H2,1-6H3/t15-,16+,21-,22-,23-,25-,28+/m0/s1. The molecule has 2 N–H and O–H groups in total. The number of aromatic nitrogens is 1. The summed E-state index contributed by atoms with van der Waals surface area (Å²) in [5.74, 6) is -1.06. The molecule has 2 aliphatic rings. The van der Waals surface area contributed by atoms with Gasteiger partial charge in [0.05, 0.1) is 35.7 Å². The van der Waals surface area contributed by atoms with E-state index in [1.807, 2.05) is 25.1 Å². The van der Waals surface area contributed by atoms with Gasteiger partial charge < -0.3 is 24.1 Å². The van der Waals surface area contributed by atoms with Gasteiger partial charge in [0.1, 0.15) is 17.4 Å². The molecule has 2 saturated heterocycles. The van der Waals surface area contributed by atoms with Crippen LogP contribution < -0.4 is 0 Å². The highest BCUT2D eigenvalue weighted by Crippen LogP contribution is 2.46. The maximum Gasteiger partial charge on any atom is 0.309 e. The Bertz CT molecular complexity index is 1120. The van der Waals surface area contributed by atoms with Crippen LogP contribution in [0.1, 0.15) is 84.3 Å². The second-order valence-corrected chi connectivity index (χ2v) is 11.5. The Kier molecular flexibility index (Phi) is 7.34. The minimum atomic E-state index is -1.25. The summed E-state index contributed by atoms with van der Waals surface area (Å²) >= 11 is 0. The molecule has 0 bridgehead atoms. The number of hydrogen-bond donors (Lipinski definition) is 2. The molecule has 36 heavy (non-hydrogen) atoms. The predicted octanol–water partition coefficient (Wildman–Crippen LogP) is 4.43. The molecule has 2 aliphatic heterocycles. The van der Waals surface area contributed by atoms with E-state index in [4.69, 9.17) is 13.9 Å². The molecule has 1 aromatic heterocycles. The van der Waals surface area contributed by atoms with Crippen molar-refractivity contribution in [1.29, 1.82) is 0 Å². The van der Waals surface area contributed by atoms with Crippen molar-refractivity contribution in [3.05, 3.63) is 29.7 Å². The van der Waals surface area contributed by atoms with E-state index >= 15 is 0 Å². The number of Topliss-reactive ketones (excluding diaryl/α,β-unsaturated/α-hetero) is 1. The monoisotopic (exact) mass is 501 g/mol. The molecular formula is C28H39NO7. The van der Waals surface area contributed by atoms with Gasteiger partial charge in [0.2, 0.25) is 0 Å². The average molecular weight is 502 g/mol. The number of carbonyl (C=O) groups excluding carboxylic acids is 2. The number of aryl methyl sites for hydroxylation is 1. The fourth-order valence-corrected chi connectivity index (χ4v) is 5.48.